The number of nitrogens with one attached hydrogen (secondary N) is 1. The fraction of sp³-hybridized carbons (Fsp3) is 0.423. The molecule has 9 heteroatoms. The summed E-state index contributed by atoms with van der Waals surface area (Å²) in [7, 11) is 1.51. The first kappa shape index (κ1) is 24.5. The van der Waals surface area contributed by atoms with Crippen molar-refractivity contribution in [2.24, 2.45) is 11.3 Å². The summed E-state index contributed by atoms with van der Waals surface area (Å²) in [6.07, 6.45) is 1.98. The molecule has 35 heavy (non-hydrogen) atoms. The lowest BCUT2D eigenvalue weighted by molar-refractivity contribution is -0.144. The van der Waals surface area contributed by atoms with Crippen LogP contribution in [0.1, 0.15) is 48.7 Å². The molecule has 184 valence electrons. The van der Waals surface area contributed by atoms with E-state index in [1.165, 1.54) is 24.2 Å². The Morgan fingerprint density at radius 2 is 1.74 bits per heavy atom. The number of likely N-dealkylation sites (N-methyl/N-ethyl adjacent to an activating group) is 1. The van der Waals surface area contributed by atoms with Crippen LogP contribution >= 0.6 is 0 Å². The predicted molar refractivity (Wildman–Crippen MR) is 125 cm³/mol. The predicted octanol–water partition coefficient (Wildman–Crippen LogP) is 2.37. The molecule has 4 amide bonds. The van der Waals surface area contributed by atoms with Gasteiger partial charge in [-0.25, -0.2) is 9.37 Å². The van der Waals surface area contributed by atoms with Crippen LogP contribution in [0.4, 0.5) is 4.39 Å². The number of carbonyl (C=O) groups excluding carboxylic acids is 4. The Labute approximate surface area is 203 Å². The van der Waals surface area contributed by atoms with Crippen molar-refractivity contribution in [1.29, 1.82) is 0 Å². The van der Waals surface area contributed by atoms with Gasteiger partial charge in [-0.1, -0.05) is 44.2 Å². The molecule has 3 heterocycles. The van der Waals surface area contributed by atoms with Gasteiger partial charge in [-0.2, -0.15) is 0 Å². The Hall–Kier alpha value is -3.62. The van der Waals surface area contributed by atoms with Gasteiger partial charge in [0.15, 0.2) is 11.5 Å². The number of hydrogen-bond donors (Lipinski definition) is 1. The van der Waals surface area contributed by atoms with Gasteiger partial charge in [0.05, 0.1) is 11.3 Å². The largest absolute Gasteiger partial charge is 0.341 e. The van der Waals surface area contributed by atoms with E-state index in [1.807, 2.05) is 30.3 Å². The summed E-state index contributed by atoms with van der Waals surface area (Å²) in [5, 5.41) is 2.63. The number of likely N-dealkylation sites (tertiary alicyclic amines) is 2. The van der Waals surface area contributed by atoms with Gasteiger partial charge in [0.2, 0.25) is 17.7 Å². The quantitative estimate of drug-likeness (QED) is 0.663. The highest BCUT2D eigenvalue weighted by Crippen LogP contribution is 2.51. The van der Waals surface area contributed by atoms with E-state index in [1.54, 1.807) is 18.7 Å². The molecule has 2 fully saturated rings. The van der Waals surface area contributed by atoms with Crippen LogP contribution in [-0.2, 0) is 14.4 Å². The zero-order valence-electron chi connectivity index (χ0n) is 20.0. The Morgan fingerprint density at radius 1 is 1.09 bits per heavy atom. The molecule has 1 unspecified atom stereocenters. The van der Waals surface area contributed by atoms with Gasteiger partial charge >= 0.3 is 0 Å². The standard InChI is InChI=1S/C26H29FN4O4/c1-16(2)20(29-22(32)21-18(27)10-7-13-28-21)24(34)31-14-11-26(12-15-31)19(17-8-5-4-6-9-17)23(33)30(3)25(26)35/h4-10,13,16,19-20H,11-12,14-15H2,1-3H3,(H,29,32)/t19?,20-/m1/s1. The Bertz CT molecular complexity index is 1150. The maximum atomic E-state index is 14.0. The number of aromatic nitrogens is 1. The third-order valence-electron chi connectivity index (χ3n) is 7.15. The minimum atomic E-state index is -0.905. The van der Waals surface area contributed by atoms with Crippen LogP contribution in [-0.4, -0.2) is 64.6 Å². The summed E-state index contributed by atoms with van der Waals surface area (Å²) in [6, 6.07) is 10.9. The number of piperidine rings is 1. The van der Waals surface area contributed by atoms with Crippen molar-refractivity contribution in [3.63, 3.8) is 0 Å². The maximum Gasteiger partial charge on any atom is 0.273 e. The third-order valence-corrected chi connectivity index (χ3v) is 7.15. The molecule has 2 aliphatic heterocycles. The first-order valence-corrected chi connectivity index (χ1v) is 11.7. The number of benzene rings is 1. The minimum absolute atomic E-state index is 0.220. The molecule has 0 aliphatic carbocycles. The fourth-order valence-electron chi connectivity index (χ4n) is 5.20. The van der Waals surface area contributed by atoms with E-state index in [0.717, 1.165) is 11.6 Å². The SMILES string of the molecule is CC(C)[C@@H](NC(=O)c1ncccc1F)C(=O)N1CCC2(CC1)C(=O)N(C)C(=O)C2c1ccccc1. The zero-order chi connectivity index (χ0) is 25.3. The molecule has 1 spiro atoms. The van der Waals surface area contributed by atoms with Crippen LogP contribution < -0.4 is 5.32 Å². The maximum absolute atomic E-state index is 14.0. The molecule has 1 aromatic heterocycles. The van der Waals surface area contributed by atoms with Crippen LogP contribution in [0.5, 0.6) is 0 Å². The Morgan fingerprint density at radius 3 is 2.34 bits per heavy atom. The third kappa shape index (κ3) is 4.31. The zero-order valence-corrected chi connectivity index (χ0v) is 20.0. The minimum Gasteiger partial charge on any atom is -0.341 e. The monoisotopic (exact) mass is 480 g/mol. The summed E-state index contributed by atoms with van der Waals surface area (Å²) in [5.41, 5.74) is -0.482. The second-order valence-electron chi connectivity index (χ2n) is 9.56. The van der Waals surface area contributed by atoms with Crippen LogP contribution in [0, 0.1) is 17.2 Å². The van der Waals surface area contributed by atoms with Gasteiger partial charge in [-0.3, -0.25) is 24.1 Å². The number of pyridine rings is 1. The number of hydrogen-bond acceptors (Lipinski definition) is 5. The molecular weight excluding hydrogens is 451 g/mol. The van der Waals surface area contributed by atoms with Crippen molar-refractivity contribution in [3.05, 3.63) is 65.7 Å². The highest BCUT2D eigenvalue weighted by molar-refractivity contribution is 6.10. The summed E-state index contributed by atoms with van der Waals surface area (Å²) in [6.45, 7) is 4.13. The number of imide groups is 1. The normalized spacial score (nSPS) is 20.4. The van der Waals surface area contributed by atoms with Gasteiger partial charge in [0.25, 0.3) is 5.91 Å². The smallest absolute Gasteiger partial charge is 0.273 e. The van der Waals surface area contributed by atoms with Crippen LogP contribution in [0.25, 0.3) is 0 Å². The van der Waals surface area contributed by atoms with Crippen molar-refractivity contribution in [1.82, 2.24) is 20.1 Å². The summed E-state index contributed by atoms with van der Waals surface area (Å²) in [5.74, 6) is -3.13. The molecule has 2 aromatic rings. The molecule has 0 bridgehead atoms. The number of rotatable bonds is 5. The summed E-state index contributed by atoms with van der Waals surface area (Å²) in [4.78, 5) is 58.9. The average Bonchev–Trinajstić information content (AvgIpc) is 3.03. The van der Waals surface area contributed by atoms with Gasteiger partial charge in [-0.05, 0) is 36.5 Å². The number of carbonyl (C=O) groups is 4. The second kappa shape index (κ2) is 9.56. The van der Waals surface area contributed by atoms with Crippen molar-refractivity contribution in [2.45, 2.75) is 38.6 Å². The van der Waals surface area contributed by atoms with Crippen molar-refractivity contribution >= 4 is 23.6 Å². The van der Waals surface area contributed by atoms with Crippen molar-refractivity contribution in [2.75, 3.05) is 20.1 Å². The fourth-order valence-corrected chi connectivity index (χ4v) is 5.20. The van der Waals surface area contributed by atoms with Crippen LogP contribution in [0.2, 0.25) is 0 Å². The molecule has 8 nitrogen and oxygen atoms in total. The van der Waals surface area contributed by atoms with E-state index >= 15 is 0 Å². The lowest BCUT2D eigenvalue weighted by Crippen LogP contribution is -2.55. The molecule has 4 rings (SSSR count). The van der Waals surface area contributed by atoms with Crippen LogP contribution in [0.3, 0.4) is 0 Å². The van der Waals surface area contributed by atoms with E-state index in [0.29, 0.717) is 12.8 Å². The van der Waals surface area contributed by atoms with E-state index < -0.39 is 29.1 Å². The lowest BCUT2D eigenvalue weighted by atomic mass is 9.67. The second-order valence-corrected chi connectivity index (χ2v) is 9.56. The highest BCUT2D eigenvalue weighted by Gasteiger charge is 2.59. The van der Waals surface area contributed by atoms with Gasteiger partial charge in [0.1, 0.15) is 6.04 Å². The Balaban J connectivity index is 1.52. The van der Waals surface area contributed by atoms with Gasteiger partial charge in [0, 0.05) is 26.3 Å². The molecule has 2 saturated heterocycles. The van der Waals surface area contributed by atoms with Gasteiger partial charge in [-0.15, -0.1) is 0 Å². The number of halogens is 1. The molecule has 1 N–H and O–H groups in total. The molecular formula is C26H29FN4O4. The first-order chi connectivity index (χ1) is 16.7. The van der Waals surface area contributed by atoms with Gasteiger partial charge < -0.3 is 10.2 Å². The lowest BCUT2D eigenvalue weighted by Gasteiger charge is -2.41. The Kier molecular flexibility index (Phi) is 6.69. The number of nitrogens with zero attached hydrogens (tertiary/aromatic N) is 3. The molecule has 2 aliphatic rings. The van der Waals surface area contributed by atoms with Crippen molar-refractivity contribution in [3.8, 4) is 0 Å². The van der Waals surface area contributed by atoms with E-state index in [9.17, 15) is 23.6 Å². The molecule has 1 aromatic carbocycles. The topological polar surface area (TPSA) is 99.7 Å². The van der Waals surface area contributed by atoms with E-state index in [-0.39, 0.29) is 42.4 Å². The molecule has 0 radical (unpaired) electrons. The molecule has 2 atom stereocenters. The first-order valence-electron chi connectivity index (χ1n) is 11.7. The van der Waals surface area contributed by atoms with E-state index in [2.05, 4.69) is 10.3 Å². The highest BCUT2D eigenvalue weighted by atomic mass is 19.1. The van der Waals surface area contributed by atoms with Crippen molar-refractivity contribution < 1.29 is 23.6 Å². The summed E-state index contributed by atoms with van der Waals surface area (Å²) < 4.78 is 14.0. The average molecular weight is 481 g/mol. The van der Waals surface area contributed by atoms with E-state index in [4.69, 9.17) is 0 Å². The summed E-state index contributed by atoms with van der Waals surface area (Å²) >= 11 is 0. The molecule has 0 saturated carbocycles. The number of amides is 4. The van der Waals surface area contributed by atoms with Crippen LogP contribution in [0.15, 0.2) is 48.7 Å².